The molecule has 0 spiro atoms. The number of aryl methyl sites for hydroxylation is 1. The molecule has 5 heteroatoms. The van der Waals surface area contributed by atoms with Crippen molar-refractivity contribution in [2.45, 2.75) is 13.3 Å². The molecule has 0 aliphatic rings. The van der Waals surface area contributed by atoms with Gasteiger partial charge in [-0.2, -0.15) is 5.10 Å². The minimum absolute atomic E-state index is 0.168. The largest absolute Gasteiger partial charge is 0.322 e. The average molecular weight is 266 g/mol. The van der Waals surface area contributed by atoms with Crippen molar-refractivity contribution in [3.8, 4) is 0 Å². The first-order chi connectivity index (χ1) is 9.78. The number of fused-ring (bicyclic) bond motifs is 1. The lowest BCUT2D eigenvalue weighted by Crippen LogP contribution is -2.11. The fourth-order valence-electron chi connectivity index (χ4n) is 2.11. The highest BCUT2D eigenvalue weighted by Gasteiger charge is 2.08. The van der Waals surface area contributed by atoms with Gasteiger partial charge in [0.2, 0.25) is 0 Å². The van der Waals surface area contributed by atoms with E-state index in [0.717, 1.165) is 28.7 Å². The molecule has 5 nitrogen and oxygen atoms in total. The molecule has 20 heavy (non-hydrogen) atoms. The molecule has 0 aliphatic heterocycles. The summed E-state index contributed by atoms with van der Waals surface area (Å²) < 4.78 is 0. The molecule has 2 N–H and O–H groups in total. The number of nitrogens with one attached hydrogen (secondary N) is 2. The highest BCUT2D eigenvalue weighted by Crippen LogP contribution is 2.21. The van der Waals surface area contributed by atoms with Crippen LogP contribution in [0.2, 0.25) is 0 Å². The maximum absolute atomic E-state index is 12.1. The van der Waals surface area contributed by atoms with Crippen LogP contribution in [0.25, 0.3) is 10.9 Å². The SMILES string of the molecule is CCc1[nH]nc2ccc(NC(=O)c3cccnc3)cc12. The van der Waals surface area contributed by atoms with Gasteiger partial charge < -0.3 is 5.32 Å². The van der Waals surface area contributed by atoms with E-state index in [4.69, 9.17) is 0 Å². The van der Waals surface area contributed by atoms with Gasteiger partial charge in [0.15, 0.2) is 0 Å². The van der Waals surface area contributed by atoms with Crippen LogP contribution in [0.3, 0.4) is 0 Å². The molecule has 0 atom stereocenters. The molecule has 0 aliphatic carbocycles. The van der Waals surface area contributed by atoms with Gasteiger partial charge in [-0.1, -0.05) is 6.92 Å². The van der Waals surface area contributed by atoms with E-state index >= 15 is 0 Å². The Morgan fingerprint density at radius 2 is 2.25 bits per heavy atom. The van der Waals surface area contributed by atoms with Crippen molar-refractivity contribution < 1.29 is 4.79 Å². The third-order valence-electron chi connectivity index (χ3n) is 3.17. The molecule has 2 aromatic heterocycles. The molecule has 0 bridgehead atoms. The number of benzene rings is 1. The van der Waals surface area contributed by atoms with Gasteiger partial charge in [0.05, 0.1) is 11.1 Å². The maximum atomic E-state index is 12.1. The van der Waals surface area contributed by atoms with Crippen LogP contribution in [0, 0.1) is 0 Å². The van der Waals surface area contributed by atoms with Crippen LogP contribution in [0.15, 0.2) is 42.7 Å². The Morgan fingerprint density at radius 3 is 3.00 bits per heavy atom. The smallest absolute Gasteiger partial charge is 0.257 e. The first-order valence-corrected chi connectivity index (χ1v) is 6.46. The van der Waals surface area contributed by atoms with Crippen molar-refractivity contribution in [2.75, 3.05) is 5.32 Å². The summed E-state index contributed by atoms with van der Waals surface area (Å²) in [5.41, 5.74) is 3.26. The first kappa shape index (κ1) is 12.3. The Hall–Kier alpha value is -2.69. The summed E-state index contributed by atoms with van der Waals surface area (Å²) in [6.45, 7) is 2.06. The summed E-state index contributed by atoms with van der Waals surface area (Å²) in [6.07, 6.45) is 4.06. The first-order valence-electron chi connectivity index (χ1n) is 6.46. The van der Waals surface area contributed by atoms with E-state index in [-0.39, 0.29) is 5.91 Å². The van der Waals surface area contributed by atoms with Gasteiger partial charge in [-0.3, -0.25) is 14.9 Å². The fraction of sp³-hybridized carbons (Fsp3) is 0.133. The zero-order valence-electron chi connectivity index (χ0n) is 11.1. The van der Waals surface area contributed by atoms with E-state index in [9.17, 15) is 4.79 Å². The Balaban J connectivity index is 1.89. The van der Waals surface area contributed by atoms with Crippen molar-refractivity contribution in [3.63, 3.8) is 0 Å². The van der Waals surface area contributed by atoms with Crippen LogP contribution in [-0.4, -0.2) is 21.1 Å². The lowest BCUT2D eigenvalue weighted by atomic mass is 10.1. The summed E-state index contributed by atoms with van der Waals surface area (Å²) in [5, 5.41) is 11.1. The van der Waals surface area contributed by atoms with Crippen molar-refractivity contribution in [2.24, 2.45) is 0 Å². The number of H-pyrrole nitrogens is 1. The van der Waals surface area contributed by atoms with Crippen molar-refractivity contribution in [3.05, 3.63) is 54.0 Å². The van der Waals surface area contributed by atoms with Crippen LogP contribution in [0.1, 0.15) is 23.0 Å². The van der Waals surface area contributed by atoms with Gasteiger partial charge >= 0.3 is 0 Å². The monoisotopic (exact) mass is 266 g/mol. The number of nitrogens with zero attached hydrogens (tertiary/aromatic N) is 2. The molecule has 0 saturated heterocycles. The van der Waals surface area contributed by atoms with Crippen LogP contribution in [0.4, 0.5) is 5.69 Å². The molecule has 0 radical (unpaired) electrons. The van der Waals surface area contributed by atoms with Crippen molar-refractivity contribution in [1.82, 2.24) is 15.2 Å². The van der Waals surface area contributed by atoms with Gasteiger partial charge in [0, 0.05) is 29.2 Å². The summed E-state index contributed by atoms with van der Waals surface area (Å²) in [6, 6.07) is 9.15. The molecule has 3 rings (SSSR count). The summed E-state index contributed by atoms with van der Waals surface area (Å²) in [4.78, 5) is 16.0. The standard InChI is InChI=1S/C15H14N4O/c1-2-13-12-8-11(5-6-14(12)19-18-13)17-15(20)10-4-3-7-16-9-10/h3-9H,2H2,1H3,(H,17,20)(H,18,19). The molecule has 1 aromatic carbocycles. The maximum Gasteiger partial charge on any atom is 0.257 e. The highest BCUT2D eigenvalue weighted by molar-refractivity contribution is 6.04. The number of carbonyl (C=O) groups is 1. The molecule has 2 heterocycles. The number of rotatable bonds is 3. The Morgan fingerprint density at radius 1 is 1.35 bits per heavy atom. The third kappa shape index (κ3) is 2.25. The Bertz CT molecular complexity index is 749. The predicted molar refractivity (Wildman–Crippen MR) is 77.7 cm³/mol. The summed E-state index contributed by atoms with van der Waals surface area (Å²) in [5.74, 6) is -0.168. The summed E-state index contributed by atoms with van der Waals surface area (Å²) >= 11 is 0. The normalized spacial score (nSPS) is 10.7. The zero-order valence-corrected chi connectivity index (χ0v) is 11.1. The molecule has 3 aromatic rings. The molecule has 0 fully saturated rings. The van der Waals surface area contributed by atoms with Crippen LogP contribution in [0.5, 0.6) is 0 Å². The van der Waals surface area contributed by atoms with Gasteiger partial charge in [0.1, 0.15) is 0 Å². The number of aromatic amines is 1. The van der Waals surface area contributed by atoms with Crippen LogP contribution in [-0.2, 0) is 6.42 Å². The third-order valence-corrected chi connectivity index (χ3v) is 3.17. The van der Waals surface area contributed by atoms with E-state index in [1.54, 1.807) is 24.5 Å². The number of carbonyl (C=O) groups excluding carboxylic acids is 1. The fourth-order valence-corrected chi connectivity index (χ4v) is 2.11. The second kappa shape index (κ2) is 5.13. The van der Waals surface area contributed by atoms with E-state index in [0.29, 0.717) is 5.56 Å². The average Bonchev–Trinajstić information content (AvgIpc) is 2.90. The van der Waals surface area contributed by atoms with E-state index in [1.807, 2.05) is 18.2 Å². The number of anilines is 1. The molecular weight excluding hydrogens is 252 g/mol. The quantitative estimate of drug-likeness (QED) is 0.765. The number of hydrogen-bond acceptors (Lipinski definition) is 3. The molecular formula is C15H14N4O. The Labute approximate surface area is 116 Å². The lowest BCUT2D eigenvalue weighted by molar-refractivity contribution is 0.102. The molecule has 1 amide bonds. The van der Waals surface area contributed by atoms with Crippen molar-refractivity contribution in [1.29, 1.82) is 0 Å². The Kier molecular flexibility index (Phi) is 3.16. The minimum Gasteiger partial charge on any atom is -0.322 e. The zero-order chi connectivity index (χ0) is 13.9. The van der Waals surface area contributed by atoms with E-state index in [2.05, 4.69) is 27.4 Å². The van der Waals surface area contributed by atoms with Crippen LogP contribution >= 0.6 is 0 Å². The second-order valence-electron chi connectivity index (χ2n) is 4.48. The highest BCUT2D eigenvalue weighted by atomic mass is 16.1. The number of hydrogen-bond donors (Lipinski definition) is 2. The molecule has 0 unspecified atom stereocenters. The number of aromatic nitrogens is 3. The lowest BCUT2D eigenvalue weighted by Gasteiger charge is -2.05. The predicted octanol–water partition coefficient (Wildman–Crippen LogP) is 2.77. The topological polar surface area (TPSA) is 70.7 Å². The van der Waals surface area contributed by atoms with Gasteiger partial charge in [-0.15, -0.1) is 0 Å². The van der Waals surface area contributed by atoms with Crippen molar-refractivity contribution >= 4 is 22.5 Å². The van der Waals surface area contributed by atoms with Crippen LogP contribution < -0.4 is 5.32 Å². The van der Waals surface area contributed by atoms with Gasteiger partial charge in [-0.25, -0.2) is 0 Å². The molecule has 0 saturated carbocycles. The number of pyridine rings is 1. The second-order valence-corrected chi connectivity index (χ2v) is 4.48. The van der Waals surface area contributed by atoms with Gasteiger partial charge in [0.25, 0.3) is 5.91 Å². The summed E-state index contributed by atoms with van der Waals surface area (Å²) in [7, 11) is 0. The molecule has 100 valence electrons. The van der Waals surface area contributed by atoms with Gasteiger partial charge in [-0.05, 0) is 36.8 Å². The van der Waals surface area contributed by atoms with E-state index < -0.39 is 0 Å². The number of amides is 1. The minimum atomic E-state index is -0.168. The van der Waals surface area contributed by atoms with E-state index in [1.165, 1.54) is 0 Å².